The van der Waals surface area contributed by atoms with Crippen molar-refractivity contribution in [2.24, 2.45) is 5.41 Å². The van der Waals surface area contributed by atoms with Crippen molar-refractivity contribution >= 4 is 0 Å². The van der Waals surface area contributed by atoms with Crippen molar-refractivity contribution in [3.05, 3.63) is 29.8 Å². The Morgan fingerprint density at radius 1 is 0.913 bits per heavy atom. The molecule has 0 aliphatic rings. The minimum absolute atomic E-state index is 0.185. The van der Waals surface area contributed by atoms with Crippen LogP contribution >= 0.6 is 0 Å². The average Bonchev–Trinajstić information content (AvgIpc) is 2.37. The van der Waals surface area contributed by atoms with E-state index in [1.54, 1.807) is 0 Å². The summed E-state index contributed by atoms with van der Waals surface area (Å²) < 4.78 is 5.86. The molecule has 0 atom stereocenters. The molecule has 132 valence electrons. The van der Waals surface area contributed by atoms with Crippen LogP contribution in [-0.2, 0) is 6.54 Å². The van der Waals surface area contributed by atoms with Gasteiger partial charge in [0, 0.05) is 25.2 Å². The fourth-order valence-corrected chi connectivity index (χ4v) is 2.50. The fourth-order valence-electron chi connectivity index (χ4n) is 2.50. The fraction of sp³-hybridized carbons (Fsp3) is 0.700. The van der Waals surface area contributed by atoms with Crippen molar-refractivity contribution in [2.75, 3.05) is 33.8 Å². The zero-order valence-electron chi connectivity index (χ0n) is 16.4. The summed E-state index contributed by atoms with van der Waals surface area (Å²) in [4.78, 5) is 4.68. The summed E-state index contributed by atoms with van der Waals surface area (Å²) in [5.74, 6) is 0.953. The lowest BCUT2D eigenvalue weighted by Gasteiger charge is -2.31. The second kappa shape index (κ2) is 8.16. The van der Waals surface area contributed by atoms with Crippen molar-refractivity contribution < 1.29 is 4.74 Å². The van der Waals surface area contributed by atoms with E-state index < -0.39 is 0 Å². The first-order valence-electron chi connectivity index (χ1n) is 8.59. The Balaban J connectivity index is 2.42. The van der Waals surface area contributed by atoms with E-state index in [9.17, 15) is 0 Å². The molecule has 0 bridgehead atoms. The predicted molar refractivity (Wildman–Crippen MR) is 100 cm³/mol. The highest BCUT2D eigenvalue weighted by Crippen LogP contribution is 2.18. The van der Waals surface area contributed by atoms with E-state index in [0.29, 0.717) is 5.41 Å². The third-order valence-corrected chi connectivity index (χ3v) is 3.96. The Labute approximate surface area is 143 Å². The van der Waals surface area contributed by atoms with E-state index >= 15 is 0 Å². The highest BCUT2D eigenvalue weighted by atomic mass is 16.5. The van der Waals surface area contributed by atoms with Crippen molar-refractivity contribution in [1.29, 1.82) is 0 Å². The zero-order valence-corrected chi connectivity index (χ0v) is 16.4. The van der Waals surface area contributed by atoms with E-state index in [1.807, 2.05) is 0 Å². The standard InChI is InChI=1S/C20H36N2O/c1-19(2,3)16-21(7)15-17-9-11-18(12-10-17)23-14-13-22(8)20(4,5)6/h9-12H,13-16H2,1-8H3. The summed E-state index contributed by atoms with van der Waals surface area (Å²) in [6, 6.07) is 8.50. The van der Waals surface area contributed by atoms with E-state index in [4.69, 9.17) is 4.74 Å². The summed E-state index contributed by atoms with van der Waals surface area (Å²) >= 11 is 0. The van der Waals surface area contributed by atoms with Gasteiger partial charge in [0.1, 0.15) is 12.4 Å². The summed E-state index contributed by atoms with van der Waals surface area (Å²) in [7, 11) is 4.31. The van der Waals surface area contributed by atoms with Crippen LogP contribution in [-0.4, -0.2) is 49.1 Å². The first-order valence-corrected chi connectivity index (χ1v) is 8.59. The van der Waals surface area contributed by atoms with Gasteiger partial charge in [0.05, 0.1) is 0 Å². The topological polar surface area (TPSA) is 15.7 Å². The molecule has 0 fully saturated rings. The van der Waals surface area contributed by atoms with Crippen molar-refractivity contribution in [3.8, 4) is 5.75 Å². The number of likely N-dealkylation sites (N-methyl/N-ethyl adjacent to an activating group) is 1. The second-order valence-electron chi connectivity index (χ2n) is 8.82. The molecule has 0 radical (unpaired) electrons. The first kappa shape index (κ1) is 20.0. The van der Waals surface area contributed by atoms with Gasteiger partial charge in [-0.05, 0) is 58.0 Å². The SMILES string of the molecule is CN(Cc1ccc(OCCN(C)C(C)(C)C)cc1)CC(C)(C)C. The van der Waals surface area contributed by atoms with E-state index in [2.05, 4.69) is 89.7 Å². The number of ether oxygens (including phenoxy) is 1. The van der Waals surface area contributed by atoms with Gasteiger partial charge in [0.25, 0.3) is 0 Å². The van der Waals surface area contributed by atoms with Crippen LogP contribution in [0.2, 0.25) is 0 Å². The molecular formula is C20H36N2O. The van der Waals surface area contributed by atoms with Gasteiger partial charge in [-0.25, -0.2) is 0 Å². The van der Waals surface area contributed by atoms with E-state index in [1.165, 1.54) is 5.56 Å². The molecule has 0 N–H and O–H groups in total. The molecule has 23 heavy (non-hydrogen) atoms. The molecule has 1 rings (SSSR count). The van der Waals surface area contributed by atoms with Gasteiger partial charge in [-0.15, -0.1) is 0 Å². The number of benzene rings is 1. The Morgan fingerprint density at radius 3 is 1.96 bits per heavy atom. The molecule has 0 saturated carbocycles. The molecule has 1 aromatic rings. The summed E-state index contributed by atoms with van der Waals surface area (Å²) in [6.45, 7) is 17.2. The third-order valence-electron chi connectivity index (χ3n) is 3.96. The number of hydrogen-bond acceptors (Lipinski definition) is 3. The number of rotatable bonds is 7. The van der Waals surface area contributed by atoms with Crippen LogP contribution in [0.5, 0.6) is 5.75 Å². The van der Waals surface area contributed by atoms with Crippen molar-refractivity contribution in [3.63, 3.8) is 0 Å². The van der Waals surface area contributed by atoms with Crippen LogP contribution in [0.4, 0.5) is 0 Å². The van der Waals surface area contributed by atoms with Crippen molar-refractivity contribution in [2.45, 2.75) is 53.6 Å². The van der Waals surface area contributed by atoms with E-state index in [0.717, 1.165) is 32.0 Å². The van der Waals surface area contributed by atoms with Gasteiger partial charge in [-0.1, -0.05) is 32.9 Å². The van der Waals surface area contributed by atoms with Crippen LogP contribution in [0.1, 0.15) is 47.1 Å². The molecule has 0 unspecified atom stereocenters. The molecule has 0 amide bonds. The Kier molecular flexibility index (Phi) is 7.09. The molecule has 0 spiro atoms. The molecule has 3 nitrogen and oxygen atoms in total. The largest absolute Gasteiger partial charge is 0.492 e. The summed E-state index contributed by atoms with van der Waals surface area (Å²) in [6.07, 6.45) is 0. The molecule has 0 aromatic heterocycles. The van der Waals surface area contributed by atoms with E-state index in [-0.39, 0.29) is 5.54 Å². The van der Waals surface area contributed by atoms with Gasteiger partial charge in [0.15, 0.2) is 0 Å². The maximum atomic E-state index is 5.86. The Bertz CT molecular complexity index is 454. The molecule has 0 aliphatic carbocycles. The molecule has 0 heterocycles. The zero-order chi connectivity index (χ0) is 17.7. The minimum atomic E-state index is 0.185. The lowest BCUT2D eigenvalue weighted by Crippen LogP contribution is -2.40. The first-order chi connectivity index (χ1) is 10.5. The monoisotopic (exact) mass is 320 g/mol. The van der Waals surface area contributed by atoms with Gasteiger partial charge >= 0.3 is 0 Å². The van der Waals surface area contributed by atoms with Crippen LogP contribution < -0.4 is 4.74 Å². The smallest absolute Gasteiger partial charge is 0.119 e. The Hall–Kier alpha value is -1.06. The lowest BCUT2D eigenvalue weighted by atomic mass is 9.96. The maximum absolute atomic E-state index is 5.86. The summed E-state index contributed by atoms with van der Waals surface area (Å²) in [5.41, 5.74) is 1.85. The molecule has 0 saturated heterocycles. The third kappa shape index (κ3) is 8.38. The molecule has 3 heteroatoms. The second-order valence-corrected chi connectivity index (χ2v) is 8.82. The highest BCUT2D eigenvalue weighted by Gasteiger charge is 2.16. The minimum Gasteiger partial charge on any atom is -0.492 e. The quantitative estimate of drug-likeness (QED) is 0.746. The normalized spacial score (nSPS) is 13.0. The molecular weight excluding hydrogens is 284 g/mol. The molecule has 1 aromatic carbocycles. The number of nitrogens with zero attached hydrogens (tertiary/aromatic N) is 2. The van der Waals surface area contributed by atoms with Crippen LogP contribution in [0.15, 0.2) is 24.3 Å². The lowest BCUT2D eigenvalue weighted by molar-refractivity contribution is 0.144. The van der Waals surface area contributed by atoms with Crippen LogP contribution in [0, 0.1) is 5.41 Å². The van der Waals surface area contributed by atoms with Gasteiger partial charge in [0.2, 0.25) is 0 Å². The maximum Gasteiger partial charge on any atom is 0.119 e. The van der Waals surface area contributed by atoms with Crippen molar-refractivity contribution in [1.82, 2.24) is 9.80 Å². The van der Waals surface area contributed by atoms with Gasteiger partial charge in [-0.3, -0.25) is 4.90 Å². The summed E-state index contributed by atoms with van der Waals surface area (Å²) in [5, 5.41) is 0. The average molecular weight is 321 g/mol. The number of hydrogen-bond donors (Lipinski definition) is 0. The van der Waals surface area contributed by atoms with Crippen LogP contribution in [0.25, 0.3) is 0 Å². The van der Waals surface area contributed by atoms with Gasteiger partial charge in [-0.2, -0.15) is 0 Å². The predicted octanol–water partition coefficient (Wildman–Crippen LogP) is 4.27. The van der Waals surface area contributed by atoms with Gasteiger partial charge < -0.3 is 9.64 Å². The molecule has 0 aliphatic heterocycles. The highest BCUT2D eigenvalue weighted by molar-refractivity contribution is 5.27. The van der Waals surface area contributed by atoms with Crippen LogP contribution in [0.3, 0.4) is 0 Å². The Morgan fingerprint density at radius 2 is 1.48 bits per heavy atom.